The molecule has 20 heavy (non-hydrogen) atoms. The van der Waals surface area contributed by atoms with Crippen molar-refractivity contribution in [2.24, 2.45) is 0 Å². The maximum Gasteiger partial charge on any atom is 0.416 e. The van der Waals surface area contributed by atoms with Crippen LogP contribution in [0, 0.1) is 0 Å². The highest BCUT2D eigenvalue weighted by molar-refractivity contribution is 5.62. The van der Waals surface area contributed by atoms with Gasteiger partial charge in [-0.1, -0.05) is 18.2 Å². The number of amides is 1. The molecular formula is C13H13F3NO3-. The van der Waals surface area contributed by atoms with Crippen molar-refractivity contribution in [3.63, 3.8) is 0 Å². The summed E-state index contributed by atoms with van der Waals surface area (Å²) < 4.78 is 37.9. The number of aliphatic hydroxyl groups is 1. The van der Waals surface area contributed by atoms with Gasteiger partial charge in [-0.05, 0) is 18.1 Å². The second kappa shape index (κ2) is 5.32. The van der Waals surface area contributed by atoms with E-state index in [0.29, 0.717) is 5.56 Å². The van der Waals surface area contributed by atoms with Gasteiger partial charge in [-0.3, -0.25) is 0 Å². The van der Waals surface area contributed by atoms with Crippen LogP contribution >= 0.6 is 0 Å². The first kappa shape index (κ1) is 14.6. The van der Waals surface area contributed by atoms with Gasteiger partial charge < -0.3 is 19.9 Å². The summed E-state index contributed by atoms with van der Waals surface area (Å²) in [7, 11) is 0. The number of hydrogen-bond donors (Lipinski definition) is 1. The van der Waals surface area contributed by atoms with Crippen LogP contribution in [0.1, 0.15) is 23.5 Å². The molecule has 0 spiro atoms. The number of carbonyl (C=O) groups is 1. The van der Waals surface area contributed by atoms with Gasteiger partial charge in [0.05, 0.1) is 11.7 Å². The summed E-state index contributed by atoms with van der Waals surface area (Å²) in [4.78, 5) is 11.6. The monoisotopic (exact) mass is 288 g/mol. The number of rotatable bonds is 1. The van der Waals surface area contributed by atoms with Crippen molar-refractivity contribution in [1.29, 1.82) is 0 Å². The lowest BCUT2D eigenvalue weighted by Gasteiger charge is -2.37. The molecule has 1 fully saturated rings. The average Bonchev–Trinajstić information content (AvgIpc) is 2.37. The predicted molar refractivity (Wildman–Crippen MR) is 61.8 cm³/mol. The molecule has 110 valence electrons. The lowest BCUT2D eigenvalue weighted by Crippen LogP contribution is -2.50. The van der Waals surface area contributed by atoms with Gasteiger partial charge in [-0.2, -0.15) is 13.2 Å². The number of alkyl halides is 3. The highest BCUT2D eigenvalue weighted by atomic mass is 19.4. The first-order valence-corrected chi connectivity index (χ1v) is 6.10. The van der Waals surface area contributed by atoms with Gasteiger partial charge in [0, 0.05) is 19.0 Å². The fourth-order valence-corrected chi connectivity index (χ4v) is 2.43. The standard InChI is InChI=1S/C13H14F3NO3/c14-13(15,16)9-3-1-2-8(6-9)10-4-5-17(12(19)20)7-11(10)18/h1-3,6,10-11,18H,4-5,7H2,(H,19,20)/p-1. The lowest BCUT2D eigenvalue weighted by molar-refractivity contribution is -0.268. The van der Waals surface area contributed by atoms with Crippen LogP contribution in [0.15, 0.2) is 24.3 Å². The fourth-order valence-electron chi connectivity index (χ4n) is 2.43. The number of carbonyl (C=O) groups excluding carboxylic acids is 1. The molecule has 1 aromatic rings. The lowest BCUT2D eigenvalue weighted by atomic mass is 9.86. The molecule has 0 saturated carbocycles. The molecule has 0 aliphatic carbocycles. The van der Waals surface area contributed by atoms with Crippen LogP contribution in [-0.4, -0.2) is 35.3 Å². The summed E-state index contributed by atoms with van der Waals surface area (Å²) in [6.45, 7) is -0.0104. The minimum absolute atomic E-state index is 0.139. The van der Waals surface area contributed by atoms with Gasteiger partial charge in [0.15, 0.2) is 0 Å². The number of carboxylic acid groups (broad SMARTS) is 1. The Morgan fingerprint density at radius 2 is 2.10 bits per heavy atom. The van der Waals surface area contributed by atoms with Crippen molar-refractivity contribution >= 4 is 6.09 Å². The number of nitrogens with zero attached hydrogens (tertiary/aromatic N) is 1. The molecule has 1 aromatic carbocycles. The Labute approximate surface area is 113 Å². The first-order valence-electron chi connectivity index (χ1n) is 6.10. The maximum absolute atomic E-state index is 12.6. The van der Waals surface area contributed by atoms with Crippen LogP contribution < -0.4 is 5.11 Å². The highest BCUT2D eigenvalue weighted by Gasteiger charge is 2.33. The predicted octanol–water partition coefficient (Wildman–Crippen LogP) is 1.20. The van der Waals surface area contributed by atoms with Crippen LogP contribution in [0.4, 0.5) is 18.0 Å². The van der Waals surface area contributed by atoms with E-state index in [1.165, 1.54) is 12.1 Å². The van der Waals surface area contributed by atoms with Gasteiger partial charge in [-0.25, -0.2) is 0 Å². The van der Waals surface area contributed by atoms with E-state index in [1.54, 1.807) is 0 Å². The molecule has 1 aliphatic rings. The minimum atomic E-state index is -4.44. The molecule has 2 unspecified atom stereocenters. The quantitative estimate of drug-likeness (QED) is 0.844. The largest absolute Gasteiger partial charge is 0.530 e. The summed E-state index contributed by atoms with van der Waals surface area (Å²) in [5.74, 6) is -0.507. The van der Waals surface area contributed by atoms with Crippen molar-refractivity contribution in [3.05, 3.63) is 35.4 Å². The Balaban J connectivity index is 2.19. The van der Waals surface area contributed by atoms with E-state index in [9.17, 15) is 28.2 Å². The molecule has 4 nitrogen and oxygen atoms in total. The molecule has 0 aromatic heterocycles. The third-order valence-electron chi connectivity index (χ3n) is 3.48. The SMILES string of the molecule is O=C([O-])N1CCC(c2cccc(C(F)(F)F)c2)C(O)C1. The van der Waals surface area contributed by atoms with Crippen molar-refractivity contribution in [1.82, 2.24) is 4.90 Å². The molecule has 1 aliphatic heterocycles. The molecule has 7 heteroatoms. The van der Waals surface area contributed by atoms with Crippen molar-refractivity contribution in [2.75, 3.05) is 13.1 Å². The summed E-state index contributed by atoms with van der Waals surface area (Å²) in [5, 5.41) is 20.6. The summed E-state index contributed by atoms with van der Waals surface area (Å²) in [5.41, 5.74) is -0.408. The fraction of sp³-hybridized carbons (Fsp3) is 0.462. The number of benzene rings is 1. The minimum Gasteiger partial charge on any atom is -0.530 e. The topological polar surface area (TPSA) is 63.6 Å². The molecule has 2 atom stereocenters. The molecule has 0 bridgehead atoms. The smallest absolute Gasteiger partial charge is 0.416 e. The molecule has 2 rings (SSSR count). The Morgan fingerprint density at radius 3 is 2.65 bits per heavy atom. The van der Waals surface area contributed by atoms with E-state index in [4.69, 9.17) is 0 Å². The number of halogens is 3. The molecule has 1 heterocycles. The number of piperidine rings is 1. The number of hydrogen-bond acceptors (Lipinski definition) is 3. The molecule has 1 N–H and O–H groups in total. The van der Waals surface area contributed by atoms with Crippen LogP contribution in [0.25, 0.3) is 0 Å². The van der Waals surface area contributed by atoms with Gasteiger partial charge in [0.2, 0.25) is 0 Å². The average molecular weight is 288 g/mol. The summed E-state index contributed by atoms with van der Waals surface area (Å²) in [6.07, 6.45) is -6.60. The number of likely N-dealkylation sites (tertiary alicyclic amines) is 1. The summed E-state index contributed by atoms with van der Waals surface area (Å²) >= 11 is 0. The zero-order valence-corrected chi connectivity index (χ0v) is 10.4. The Kier molecular flexibility index (Phi) is 3.89. The van der Waals surface area contributed by atoms with E-state index in [0.717, 1.165) is 17.0 Å². The van der Waals surface area contributed by atoms with E-state index in [-0.39, 0.29) is 19.5 Å². The number of β-amino-alcohol motifs (C(OH)–C–C–N with tert-alkyl or cyclic N) is 1. The Bertz CT molecular complexity index is 504. The van der Waals surface area contributed by atoms with Crippen LogP contribution in [0.3, 0.4) is 0 Å². The van der Waals surface area contributed by atoms with E-state index in [1.807, 2.05) is 0 Å². The molecule has 1 saturated heterocycles. The summed E-state index contributed by atoms with van der Waals surface area (Å²) in [6, 6.07) is 4.77. The van der Waals surface area contributed by atoms with Gasteiger partial charge in [0.1, 0.15) is 6.09 Å². The third-order valence-corrected chi connectivity index (χ3v) is 3.48. The molecular weight excluding hydrogens is 275 g/mol. The Hall–Kier alpha value is -1.76. The number of aliphatic hydroxyl groups excluding tert-OH is 1. The van der Waals surface area contributed by atoms with Crippen LogP contribution in [0.5, 0.6) is 0 Å². The first-order chi connectivity index (χ1) is 9.29. The zero-order valence-electron chi connectivity index (χ0n) is 10.4. The van der Waals surface area contributed by atoms with Gasteiger partial charge >= 0.3 is 6.18 Å². The second-order valence-corrected chi connectivity index (χ2v) is 4.80. The molecule has 0 radical (unpaired) electrons. The normalized spacial score (nSPS) is 23.7. The molecule has 1 amide bonds. The Morgan fingerprint density at radius 1 is 1.40 bits per heavy atom. The third kappa shape index (κ3) is 3.04. The van der Waals surface area contributed by atoms with Crippen LogP contribution in [-0.2, 0) is 6.18 Å². The van der Waals surface area contributed by atoms with Gasteiger partial charge in [-0.15, -0.1) is 0 Å². The van der Waals surface area contributed by atoms with Crippen LogP contribution in [0.2, 0.25) is 0 Å². The van der Waals surface area contributed by atoms with E-state index in [2.05, 4.69) is 0 Å². The van der Waals surface area contributed by atoms with E-state index < -0.39 is 29.9 Å². The maximum atomic E-state index is 12.6. The van der Waals surface area contributed by atoms with Gasteiger partial charge in [0.25, 0.3) is 0 Å². The highest BCUT2D eigenvalue weighted by Crippen LogP contribution is 2.34. The zero-order chi connectivity index (χ0) is 14.9. The van der Waals surface area contributed by atoms with Crippen molar-refractivity contribution < 1.29 is 28.2 Å². The second-order valence-electron chi connectivity index (χ2n) is 4.80. The van der Waals surface area contributed by atoms with E-state index >= 15 is 0 Å². The van der Waals surface area contributed by atoms with Crippen molar-refractivity contribution in [2.45, 2.75) is 24.6 Å². The van der Waals surface area contributed by atoms with Crippen molar-refractivity contribution in [3.8, 4) is 0 Å².